The molecule has 0 atom stereocenters. The van der Waals surface area contributed by atoms with Gasteiger partial charge in [-0.25, -0.2) is 8.42 Å². The molecule has 0 saturated heterocycles. The van der Waals surface area contributed by atoms with Crippen molar-refractivity contribution in [3.8, 4) is 11.5 Å². The Balaban J connectivity index is 0.000000333. The van der Waals surface area contributed by atoms with Gasteiger partial charge in [-0.15, -0.1) is 0 Å². The first-order chi connectivity index (χ1) is 11.6. The highest BCUT2D eigenvalue weighted by Crippen LogP contribution is 2.20. The summed E-state index contributed by atoms with van der Waals surface area (Å²) < 4.78 is 69.1. The lowest BCUT2D eigenvalue weighted by Crippen LogP contribution is -2.70. The summed E-state index contributed by atoms with van der Waals surface area (Å²) in [5, 5.41) is 2.11. The van der Waals surface area contributed by atoms with Gasteiger partial charge in [0, 0.05) is 24.3 Å². The molecule has 0 aliphatic rings. The van der Waals surface area contributed by atoms with Crippen LogP contribution in [0, 0.1) is 0 Å². The Labute approximate surface area is 142 Å². The van der Waals surface area contributed by atoms with Crippen LogP contribution in [0.4, 0.5) is 24.5 Å². The van der Waals surface area contributed by atoms with Gasteiger partial charge in [0.1, 0.15) is 22.9 Å². The van der Waals surface area contributed by atoms with Crippen LogP contribution in [0.15, 0.2) is 48.5 Å². The predicted molar refractivity (Wildman–Crippen MR) is 83.0 cm³/mol. The highest BCUT2D eigenvalue weighted by Gasteiger charge is 2.36. The van der Waals surface area contributed by atoms with Crippen molar-refractivity contribution in [2.24, 2.45) is 0 Å². The lowest BCUT2D eigenvalue weighted by atomic mass is 10.2. The van der Waals surface area contributed by atoms with E-state index >= 15 is 0 Å². The van der Waals surface area contributed by atoms with E-state index in [4.69, 9.17) is 22.4 Å². The van der Waals surface area contributed by atoms with E-state index < -0.39 is 15.6 Å². The van der Waals surface area contributed by atoms with Crippen LogP contribution in [0.1, 0.15) is 0 Å². The average molecular weight is 379 g/mol. The maximum Gasteiger partial charge on any atom is 0.485 e. The van der Waals surface area contributed by atoms with Crippen LogP contribution in [-0.2, 0) is 10.1 Å². The molecular formula is C15H16F3NO5S. The minimum Gasteiger partial charge on any atom is -0.741 e. The van der Waals surface area contributed by atoms with Gasteiger partial charge in [0.2, 0.25) is 0 Å². The molecule has 0 amide bonds. The van der Waals surface area contributed by atoms with Crippen molar-refractivity contribution in [3.63, 3.8) is 0 Å². The van der Waals surface area contributed by atoms with E-state index in [1.807, 2.05) is 48.5 Å². The van der Waals surface area contributed by atoms with E-state index in [9.17, 15) is 13.2 Å². The van der Waals surface area contributed by atoms with E-state index in [-0.39, 0.29) is 0 Å². The monoisotopic (exact) mass is 379 g/mol. The molecule has 0 aromatic heterocycles. The standard InChI is InChI=1S/C14H15NO2.CHF3O3S/c1-16-13-7-3-11(4-8-13)15-12-5-9-14(17-2)10-6-12;2-1(3,4)8(5,6)7/h3-10,15H,1-2H3;(H,5,6,7). The highest BCUT2D eigenvalue weighted by atomic mass is 32.2. The number of hydrogen-bond acceptors (Lipinski definition) is 5. The Morgan fingerprint density at radius 2 is 1.12 bits per heavy atom. The van der Waals surface area contributed by atoms with Crippen molar-refractivity contribution in [3.05, 3.63) is 48.5 Å². The maximum atomic E-state index is 10.7. The number of quaternary nitrogens is 1. The molecule has 0 unspecified atom stereocenters. The first-order valence-corrected chi connectivity index (χ1v) is 8.12. The zero-order valence-electron chi connectivity index (χ0n) is 13.3. The molecular weight excluding hydrogens is 363 g/mol. The summed E-state index contributed by atoms with van der Waals surface area (Å²) in [5.41, 5.74) is -3.35. The molecule has 0 aliphatic carbocycles. The van der Waals surface area contributed by atoms with Gasteiger partial charge in [-0.2, -0.15) is 13.2 Å². The molecule has 138 valence electrons. The molecule has 2 aromatic rings. The van der Waals surface area contributed by atoms with Crippen LogP contribution in [0.3, 0.4) is 0 Å². The number of hydrogen-bond donors (Lipinski definition) is 1. The molecule has 0 saturated carbocycles. The fourth-order valence-corrected chi connectivity index (χ4v) is 1.59. The van der Waals surface area contributed by atoms with Gasteiger partial charge < -0.3 is 14.0 Å². The molecule has 6 nitrogen and oxygen atoms in total. The molecule has 2 rings (SSSR count). The minimum atomic E-state index is -6.09. The lowest BCUT2D eigenvalue weighted by molar-refractivity contribution is -0.478. The summed E-state index contributed by atoms with van der Waals surface area (Å²) in [4.78, 5) is 0. The van der Waals surface area contributed by atoms with Gasteiger partial charge in [-0.3, -0.25) is 5.32 Å². The Morgan fingerprint density at radius 3 is 1.32 bits per heavy atom. The zero-order chi connectivity index (χ0) is 19.1. The number of methoxy groups -OCH3 is 2. The van der Waals surface area contributed by atoms with Crippen LogP contribution in [0.2, 0.25) is 0 Å². The highest BCUT2D eigenvalue weighted by molar-refractivity contribution is 7.86. The van der Waals surface area contributed by atoms with Gasteiger partial charge in [0.05, 0.1) is 14.2 Å². The Bertz CT molecular complexity index is 714. The molecule has 0 fully saturated rings. The summed E-state index contributed by atoms with van der Waals surface area (Å²) in [6.45, 7) is 0. The van der Waals surface area contributed by atoms with Crippen molar-refractivity contribution < 1.29 is 40.9 Å². The SMILES string of the molecule is COc1ccc([NH2+]c2ccc(OC)cc2)cc1.O=S(=O)([O-])C(F)(F)F. The molecule has 2 aromatic carbocycles. The van der Waals surface area contributed by atoms with Gasteiger partial charge >= 0.3 is 5.51 Å². The minimum absolute atomic E-state index is 0.872. The predicted octanol–water partition coefficient (Wildman–Crippen LogP) is 2.28. The Kier molecular flexibility index (Phi) is 7.22. The van der Waals surface area contributed by atoms with Crippen molar-refractivity contribution in [1.29, 1.82) is 0 Å². The number of nitrogens with two attached hydrogens (primary N) is 1. The van der Waals surface area contributed by atoms with Crippen molar-refractivity contribution in [1.82, 2.24) is 0 Å². The molecule has 0 radical (unpaired) electrons. The maximum absolute atomic E-state index is 10.7. The summed E-state index contributed by atoms with van der Waals surface area (Å²) >= 11 is 0. The Morgan fingerprint density at radius 1 is 0.840 bits per heavy atom. The van der Waals surface area contributed by atoms with E-state index in [1.54, 1.807) is 14.2 Å². The molecule has 0 spiro atoms. The number of benzene rings is 2. The smallest absolute Gasteiger partial charge is 0.485 e. The van der Waals surface area contributed by atoms with Gasteiger partial charge in [-0.05, 0) is 24.3 Å². The summed E-state index contributed by atoms with van der Waals surface area (Å²) in [7, 11) is -2.75. The van der Waals surface area contributed by atoms with E-state index in [1.165, 1.54) is 0 Å². The van der Waals surface area contributed by atoms with Crippen LogP contribution in [-0.4, -0.2) is 32.7 Å². The topological polar surface area (TPSA) is 92.3 Å². The number of halogens is 3. The van der Waals surface area contributed by atoms with Crippen LogP contribution in [0.5, 0.6) is 11.5 Å². The van der Waals surface area contributed by atoms with E-state index in [0.717, 1.165) is 22.9 Å². The Hall–Kier alpha value is -2.30. The zero-order valence-corrected chi connectivity index (χ0v) is 14.1. The second-order valence-corrected chi connectivity index (χ2v) is 5.96. The first-order valence-electron chi connectivity index (χ1n) is 6.72. The van der Waals surface area contributed by atoms with Gasteiger partial charge in [-0.1, -0.05) is 0 Å². The van der Waals surface area contributed by atoms with Crippen molar-refractivity contribution >= 4 is 21.5 Å². The first kappa shape index (κ1) is 20.7. The molecule has 0 bridgehead atoms. The number of rotatable bonds is 4. The quantitative estimate of drug-likeness (QED) is 0.500. The second kappa shape index (κ2) is 8.70. The number of ether oxygens (including phenoxy) is 2. The fraction of sp³-hybridized carbons (Fsp3) is 0.200. The number of alkyl halides is 3. The lowest BCUT2D eigenvalue weighted by Gasteiger charge is -2.08. The average Bonchev–Trinajstić information content (AvgIpc) is 2.55. The summed E-state index contributed by atoms with van der Waals surface area (Å²) in [6, 6.07) is 15.9. The van der Waals surface area contributed by atoms with Crippen molar-refractivity contribution in [2.75, 3.05) is 14.2 Å². The fourth-order valence-electron chi connectivity index (χ4n) is 1.59. The van der Waals surface area contributed by atoms with Crippen LogP contribution >= 0.6 is 0 Å². The van der Waals surface area contributed by atoms with Crippen LogP contribution < -0.4 is 14.8 Å². The third-order valence-electron chi connectivity index (χ3n) is 2.85. The largest absolute Gasteiger partial charge is 0.741 e. The van der Waals surface area contributed by atoms with E-state index in [2.05, 4.69) is 5.32 Å². The second-order valence-electron chi connectivity index (χ2n) is 4.59. The van der Waals surface area contributed by atoms with Gasteiger partial charge in [0.15, 0.2) is 10.1 Å². The molecule has 25 heavy (non-hydrogen) atoms. The van der Waals surface area contributed by atoms with E-state index in [0.29, 0.717) is 0 Å². The molecule has 0 heterocycles. The molecule has 0 aliphatic heterocycles. The summed E-state index contributed by atoms with van der Waals surface area (Å²) in [5.74, 6) is 1.74. The van der Waals surface area contributed by atoms with Crippen molar-refractivity contribution in [2.45, 2.75) is 5.51 Å². The van der Waals surface area contributed by atoms with Gasteiger partial charge in [0.25, 0.3) is 0 Å². The molecule has 2 N–H and O–H groups in total. The third-order valence-corrected chi connectivity index (χ3v) is 3.42. The summed E-state index contributed by atoms with van der Waals surface area (Å²) in [6.07, 6.45) is 0. The molecule has 10 heteroatoms. The normalized spacial score (nSPS) is 11.3. The third kappa shape index (κ3) is 6.99. The van der Waals surface area contributed by atoms with Crippen LogP contribution in [0.25, 0.3) is 0 Å².